The molecule has 1 aromatic rings. The highest BCUT2D eigenvalue weighted by Gasteiger charge is 2.13. The van der Waals surface area contributed by atoms with E-state index in [9.17, 15) is 24.0 Å². The zero-order valence-corrected chi connectivity index (χ0v) is 35.7. The maximum atomic E-state index is 11.9. The summed E-state index contributed by atoms with van der Waals surface area (Å²) in [5.41, 5.74) is 0.512. The number of aliphatic carboxylic acids is 4. The topological polar surface area (TPSA) is 185 Å². The van der Waals surface area contributed by atoms with Crippen molar-refractivity contribution in [2.24, 2.45) is 11.8 Å². The van der Waals surface area contributed by atoms with E-state index in [4.69, 9.17) is 29.9 Å². The molecule has 0 heterocycles. The Morgan fingerprint density at radius 1 is 0.397 bits per heavy atom. The summed E-state index contributed by atoms with van der Waals surface area (Å²) in [6.45, 7) is 1.08. The molecule has 1 aromatic carbocycles. The Morgan fingerprint density at radius 2 is 0.655 bits per heavy atom. The first-order chi connectivity index (χ1) is 28.1. The fourth-order valence-corrected chi connectivity index (χ4v) is 7.69. The molecule has 2 atom stereocenters. The van der Waals surface area contributed by atoms with Gasteiger partial charge in [0.1, 0.15) is 17.8 Å². The molecule has 11 heteroatoms. The van der Waals surface area contributed by atoms with Crippen LogP contribution >= 0.6 is 0 Å². The molecule has 1 rings (SSSR count). The number of hydrogen-bond donors (Lipinski definition) is 4. The zero-order chi connectivity index (χ0) is 42.5. The Hall–Kier alpha value is -3.63. The molecule has 0 aromatic heterocycles. The molecule has 0 saturated carbocycles. The molecular weight excluding hydrogens is 741 g/mol. The third kappa shape index (κ3) is 33.4. The van der Waals surface area contributed by atoms with Crippen LogP contribution in [-0.4, -0.2) is 63.8 Å². The normalized spacial score (nSPS) is 12.2. The van der Waals surface area contributed by atoms with E-state index < -0.39 is 23.9 Å². The van der Waals surface area contributed by atoms with Crippen LogP contribution in [0.25, 0.3) is 0 Å². The lowest BCUT2D eigenvalue weighted by molar-refractivity contribution is -0.138. The van der Waals surface area contributed by atoms with Crippen LogP contribution in [0.5, 0.6) is 11.5 Å². The van der Waals surface area contributed by atoms with Gasteiger partial charge in [0.15, 0.2) is 0 Å². The van der Waals surface area contributed by atoms with E-state index >= 15 is 0 Å². The van der Waals surface area contributed by atoms with E-state index in [-0.39, 0.29) is 25.7 Å². The SMILES string of the molecule is O=Cc1cc(OCCC(CCCCCCCCC(=O)O)CCCCCCCC(=O)O)cc(OCCC(CCCCCCCCC(=O)O)CCCCCCCC(=O)O)c1. The molecule has 0 fully saturated rings. The average molecular weight is 819 g/mol. The lowest BCUT2D eigenvalue weighted by Gasteiger charge is -2.19. The molecule has 0 saturated heterocycles. The van der Waals surface area contributed by atoms with Crippen LogP contribution in [0.1, 0.15) is 216 Å². The van der Waals surface area contributed by atoms with Crippen LogP contribution in [0.4, 0.5) is 0 Å². The highest BCUT2D eigenvalue weighted by Crippen LogP contribution is 2.27. The molecule has 0 bridgehead atoms. The minimum Gasteiger partial charge on any atom is -0.493 e. The van der Waals surface area contributed by atoms with Gasteiger partial charge in [-0.1, -0.05) is 141 Å². The van der Waals surface area contributed by atoms with Crippen molar-refractivity contribution < 1.29 is 53.9 Å². The third-order valence-electron chi connectivity index (χ3n) is 11.1. The van der Waals surface area contributed by atoms with E-state index in [1.54, 1.807) is 12.1 Å². The molecule has 2 unspecified atom stereocenters. The summed E-state index contributed by atoms with van der Waals surface area (Å²) < 4.78 is 12.5. The van der Waals surface area contributed by atoms with E-state index in [0.29, 0.717) is 42.1 Å². The van der Waals surface area contributed by atoms with Gasteiger partial charge in [-0.05, 0) is 62.5 Å². The minimum atomic E-state index is -0.735. The molecule has 0 spiro atoms. The first-order valence-electron chi connectivity index (χ1n) is 22.8. The first-order valence-corrected chi connectivity index (χ1v) is 22.8. The van der Waals surface area contributed by atoms with Gasteiger partial charge in [-0.15, -0.1) is 0 Å². The van der Waals surface area contributed by atoms with Gasteiger partial charge in [0.25, 0.3) is 0 Å². The quantitative estimate of drug-likeness (QED) is 0.0363. The fourth-order valence-electron chi connectivity index (χ4n) is 7.69. The molecule has 0 amide bonds. The summed E-state index contributed by atoms with van der Waals surface area (Å²) in [7, 11) is 0. The highest BCUT2D eigenvalue weighted by molar-refractivity contribution is 5.76. The predicted molar refractivity (Wildman–Crippen MR) is 228 cm³/mol. The summed E-state index contributed by atoms with van der Waals surface area (Å²) in [6, 6.07) is 5.40. The largest absolute Gasteiger partial charge is 0.493 e. The number of hydrogen-bond acceptors (Lipinski definition) is 7. The van der Waals surface area contributed by atoms with Gasteiger partial charge in [0.05, 0.1) is 13.2 Å². The average Bonchev–Trinajstić information content (AvgIpc) is 3.17. The second kappa shape index (κ2) is 36.4. The van der Waals surface area contributed by atoms with Gasteiger partial charge in [-0.2, -0.15) is 0 Å². The van der Waals surface area contributed by atoms with E-state index in [2.05, 4.69) is 0 Å². The van der Waals surface area contributed by atoms with E-state index in [0.717, 1.165) is 186 Å². The van der Waals surface area contributed by atoms with Gasteiger partial charge >= 0.3 is 23.9 Å². The Bertz CT molecular complexity index is 1150. The number of benzene rings is 1. The third-order valence-corrected chi connectivity index (χ3v) is 11.1. The van der Waals surface area contributed by atoms with Gasteiger partial charge in [-0.25, -0.2) is 0 Å². The van der Waals surface area contributed by atoms with Gasteiger partial charge in [0, 0.05) is 37.3 Å². The number of carbonyl (C=O) groups excluding carboxylic acids is 1. The number of carboxylic acid groups (broad SMARTS) is 4. The van der Waals surface area contributed by atoms with Crippen molar-refractivity contribution in [2.45, 2.75) is 205 Å². The van der Waals surface area contributed by atoms with Crippen molar-refractivity contribution in [3.05, 3.63) is 23.8 Å². The molecule has 58 heavy (non-hydrogen) atoms. The maximum Gasteiger partial charge on any atom is 0.303 e. The van der Waals surface area contributed by atoms with Crippen LogP contribution < -0.4 is 9.47 Å². The maximum absolute atomic E-state index is 11.9. The van der Waals surface area contributed by atoms with Crippen molar-refractivity contribution >= 4 is 30.2 Å². The first kappa shape index (κ1) is 52.4. The van der Waals surface area contributed by atoms with Gasteiger partial charge in [-0.3, -0.25) is 24.0 Å². The van der Waals surface area contributed by atoms with Crippen LogP contribution in [0.15, 0.2) is 18.2 Å². The van der Waals surface area contributed by atoms with E-state index in [1.807, 2.05) is 6.07 Å². The molecule has 332 valence electrons. The number of aldehydes is 1. The number of rotatable bonds is 43. The molecule has 0 aliphatic carbocycles. The van der Waals surface area contributed by atoms with Gasteiger partial charge < -0.3 is 29.9 Å². The van der Waals surface area contributed by atoms with Crippen molar-refractivity contribution in [1.82, 2.24) is 0 Å². The van der Waals surface area contributed by atoms with Crippen molar-refractivity contribution in [3.63, 3.8) is 0 Å². The Labute approximate surface area is 349 Å². The summed E-state index contributed by atoms with van der Waals surface area (Å²) in [5, 5.41) is 35.5. The highest BCUT2D eigenvalue weighted by atomic mass is 16.5. The van der Waals surface area contributed by atoms with Crippen molar-refractivity contribution in [2.75, 3.05) is 13.2 Å². The van der Waals surface area contributed by atoms with Gasteiger partial charge in [0.2, 0.25) is 0 Å². The smallest absolute Gasteiger partial charge is 0.303 e. The standard InChI is InChI=1S/C47H78O11/c48-38-41-35-42(57-33-31-39(25-17-9-5-13-21-29-46(53)54)23-15-7-1-3-11-19-27-44(49)50)37-43(36-41)58-34-32-40(26-18-10-6-14-22-30-47(55)56)24-16-8-2-4-12-20-28-45(51)52/h35-40H,1-34H2,(H,49,50)(H,51,52)(H,53,54)(H,55,56). The lowest BCUT2D eigenvalue weighted by atomic mass is 9.91. The Balaban J connectivity index is 2.66. The van der Waals surface area contributed by atoms with Crippen LogP contribution in [0.2, 0.25) is 0 Å². The molecular formula is C47H78O11. The molecule has 0 aliphatic heterocycles. The van der Waals surface area contributed by atoms with Crippen LogP contribution in [-0.2, 0) is 19.2 Å². The van der Waals surface area contributed by atoms with E-state index in [1.165, 1.54) is 0 Å². The molecule has 0 radical (unpaired) electrons. The number of carboxylic acids is 4. The second-order valence-corrected chi connectivity index (χ2v) is 16.4. The molecule has 4 N–H and O–H groups in total. The summed E-state index contributed by atoms with van der Waals surface area (Å²) in [6.07, 6.45) is 30.1. The minimum absolute atomic E-state index is 0.232. The predicted octanol–water partition coefficient (Wildman–Crippen LogP) is 12.3. The van der Waals surface area contributed by atoms with Crippen LogP contribution in [0, 0.1) is 11.8 Å². The second-order valence-electron chi connectivity index (χ2n) is 16.4. The van der Waals surface area contributed by atoms with Crippen molar-refractivity contribution in [1.29, 1.82) is 0 Å². The van der Waals surface area contributed by atoms with Crippen molar-refractivity contribution in [3.8, 4) is 11.5 Å². The molecule has 0 aliphatic rings. The Morgan fingerprint density at radius 3 is 0.914 bits per heavy atom. The number of unbranched alkanes of at least 4 members (excludes halogenated alkanes) is 18. The Kier molecular flexibility index (Phi) is 32.9. The summed E-state index contributed by atoms with van der Waals surface area (Å²) >= 11 is 0. The monoisotopic (exact) mass is 819 g/mol. The molecule has 11 nitrogen and oxygen atoms in total. The lowest BCUT2D eigenvalue weighted by Crippen LogP contribution is -2.09. The summed E-state index contributed by atoms with van der Waals surface area (Å²) in [5.74, 6) is -0.660. The summed E-state index contributed by atoms with van der Waals surface area (Å²) in [4.78, 5) is 55.0. The zero-order valence-electron chi connectivity index (χ0n) is 35.7. The fraction of sp³-hybridized carbons (Fsp3) is 0.766. The number of ether oxygens (including phenoxy) is 2. The van der Waals surface area contributed by atoms with Crippen LogP contribution in [0.3, 0.4) is 0 Å². The number of carbonyl (C=O) groups is 5.